The predicted molar refractivity (Wildman–Crippen MR) is 208 cm³/mol. The number of nitrogens with zero attached hydrogens (tertiary/aromatic N) is 10. The van der Waals surface area contributed by atoms with E-state index in [-0.39, 0.29) is 53.8 Å². The molecule has 6 rings (SSSR count). The lowest BCUT2D eigenvalue weighted by Gasteiger charge is -2.08. The molecule has 0 saturated heterocycles. The Balaban J connectivity index is 0.000000189. The van der Waals surface area contributed by atoms with Crippen LogP contribution in [0.1, 0.15) is 65.2 Å². The molecule has 0 saturated carbocycles. The van der Waals surface area contributed by atoms with Gasteiger partial charge in [-0.1, -0.05) is 0 Å². The molecule has 57 heavy (non-hydrogen) atoms. The molecule has 4 N–H and O–H groups in total. The Morgan fingerprint density at radius 2 is 1.11 bits per heavy atom. The molecule has 0 fully saturated rings. The van der Waals surface area contributed by atoms with Crippen molar-refractivity contribution >= 4 is 45.2 Å². The van der Waals surface area contributed by atoms with Gasteiger partial charge in [0.1, 0.15) is 16.8 Å². The molecule has 0 aromatic carbocycles. The highest BCUT2D eigenvalue weighted by Crippen LogP contribution is 2.05. The van der Waals surface area contributed by atoms with Gasteiger partial charge in [0.15, 0.2) is 22.5 Å². The lowest BCUT2D eigenvalue weighted by Crippen LogP contribution is -2.39. The second-order valence-corrected chi connectivity index (χ2v) is 13.6. The number of hydrogen-bond acceptors (Lipinski definition) is 12. The average molecular weight is 797 g/mol. The molecule has 308 valence electrons. The molecule has 0 radical (unpaired) electrons. The number of carbonyl (C=O) groups is 2. The Morgan fingerprint density at radius 1 is 0.649 bits per heavy atom. The number of H-pyrrole nitrogens is 2. The topological polar surface area (TPSA) is 282 Å². The lowest BCUT2D eigenvalue weighted by atomic mass is 10.2. The Hall–Kier alpha value is -6.45. The Morgan fingerprint density at radius 3 is 1.58 bits per heavy atom. The maximum atomic E-state index is 12.2. The number of aromatic nitrogens is 12. The van der Waals surface area contributed by atoms with Crippen molar-refractivity contribution in [3.63, 3.8) is 0 Å². The van der Waals surface area contributed by atoms with Gasteiger partial charge in [-0.15, -0.1) is 0 Å². The fourth-order valence-electron chi connectivity index (χ4n) is 6.11. The molecule has 0 aliphatic heterocycles. The normalized spacial score (nSPS) is 11.7. The first kappa shape index (κ1) is 43.3. The molecule has 0 aliphatic rings. The van der Waals surface area contributed by atoms with Crippen LogP contribution in [0.2, 0.25) is 0 Å². The number of aliphatic hydroxyl groups is 1. The van der Waals surface area contributed by atoms with Crippen LogP contribution in [0.3, 0.4) is 0 Å². The van der Waals surface area contributed by atoms with Crippen LogP contribution >= 0.6 is 0 Å². The third-order valence-electron chi connectivity index (χ3n) is 9.22. The molecule has 1 atom stereocenters. The van der Waals surface area contributed by atoms with Crippen molar-refractivity contribution in [3.8, 4) is 0 Å². The van der Waals surface area contributed by atoms with Gasteiger partial charge in [-0.25, -0.2) is 29.3 Å². The molecule has 6 heterocycles. The molecular formula is C35H48N12O10. The summed E-state index contributed by atoms with van der Waals surface area (Å²) in [5.74, 6) is -0.837. The van der Waals surface area contributed by atoms with Gasteiger partial charge in [0, 0.05) is 60.7 Å². The monoisotopic (exact) mass is 796 g/mol. The number of imidazole rings is 3. The van der Waals surface area contributed by atoms with Gasteiger partial charge in [0.05, 0.1) is 25.1 Å². The van der Waals surface area contributed by atoms with Crippen LogP contribution in [-0.4, -0.2) is 85.0 Å². The standard InChI is InChI=1S/C12H18N4O3.C12H16N4O3.C11H14N4O4/c2*1-8(17)5-3-4-6-16-11(18)9-10(14-7-13-9)15(2)12(16)19;1-13-6-12-9-8(13)10(18)15(11(19)14(9)2)5-3-4-7(16)17/h7-8,17H,3-6H2,1-2H3,(H,13,14);7H,3-6H2,1-2H3,(H,13,14);6H,3-5H2,1-2H3,(H,16,17). The van der Waals surface area contributed by atoms with Crippen LogP contribution in [0.5, 0.6) is 0 Å². The summed E-state index contributed by atoms with van der Waals surface area (Å²) < 4.78 is 8.98. The number of aliphatic hydroxyl groups excluding tert-OH is 1. The van der Waals surface area contributed by atoms with E-state index in [1.807, 2.05) is 0 Å². The number of aromatic amines is 2. The molecule has 1 unspecified atom stereocenters. The number of aliphatic carboxylic acids is 1. The summed E-state index contributed by atoms with van der Waals surface area (Å²) in [5.41, 5.74) is -0.314. The summed E-state index contributed by atoms with van der Waals surface area (Å²) >= 11 is 0. The molecule has 6 aromatic heterocycles. The molecular weight excluding hydrogens is 748 g/mol. The first-order valence-electron chi connectivity index (χ1n) is 18.2. The summed E-state index contributed by atoms with van der Waals surface area (Å²) in [6.45, 7) is 4.00. The maximum absolute atomic E-state index is 12.2. The minimum atomic E-state index is -0.952. The summed E-state index contributed by atoms with van der Waals surface area (Å²) in [5, 5.41) is 17.8. The third-order valence-corrected chi connectivity index (χ3v) is 9.22. The zero-order valence-corrected chi connectivity index (χ0v) is 32.7. The van der Waals surface area contributed by atoms with Crippen molar-refractivity contribution in [3.05, 3.63) is 81.5 Å². The second kappa shape index (κ2) is 18.9. The van der Waals surface area contributed by atoms with Gasteiger partial charge in [0.25, 0.3) is 16.7 Å². The number of nitrogens with one attached hydrogen (secondary N) is 2. The number of carboxylic acid groups (broad SMARTS) is 1. The highest BCUT2D eigenvalue weighted by atomic mass is 16.4. The highest BCUT2D eigenvalue weighted by molar-refractivity contribution is 5.75. The van der Waals surface area contributed by atoms with Crippen LogP contribution in [0, 0.1) is 0 Å². The van der Waals surface area contributed by atoms with Gasteiger partial charge in [-0.05, 0) is 52.4 Å². The number of unbranched alkanes of at least 4 members (excludes halogenated alkanes) is 2. The van der Waals surface area contributed by atoms with E-state index in [1.165, 1.54) is 55.8 Å². The number of Topliss-reactive ketones (excluding diaryl/α,β-unsaturated/α-hetero) is 1. The van der Waals surface area contributed by atoms with E-state index in [9.17, 15) is 38.4 Å². The minimum Gasteiger partial charge on any atom is -0.481 e. The minimum absolute atomic E-state index is 0.0823. The van der Waals surface area contributed by atoms with Gasteiger partial charge in [-0.2, -0.15) is 0 Å². The summed E-state index contributed by atoms with van der Waals surface area (Å²) in [6.07, 6.45) is 7.95. The highest BCUT2D eigenvalue weighted by Gasteiger charge is 2.16. The van der Waals surface area contributed by atoms with Crippen LogP contribution in [0.15, 0.2) is 47.7 Å². The van der Waals surface area contributed by atoms with Crippen LogP contribution in [0.4, 0.5) is 0 Å². The molecule has 0 aliphatic carbocycles. The first-order valence-corrected chi connectivity index (χ1v) is 18.2. The van der Waals surface area contributed by atoms with E-state index in [0.717, 1.165) is 11.0 Å². The molecule has 22 nitrogen and oxygen atoms in total. The zero-order chi connectivity index (χ0) is 42.1. The first-order chi connectivity index (χ1) is 27.0. The van der Waals surface area contributed by atoms with Gasteiger partial charge in [0.2, 0.25) is 0 Å². The molecule has 0 bridgehead atoms. The Labute approximate surface area is 322 Å². The van der Waals surface area contributed by atoms with E-state index in [2.05, 4.69) is 24.9 Å². The zero-order valence-electron chi connectivity index (χ0n) is 32.7. The maximum Gasteiger partial charge on any atom is 0.332 e. The fourth-order valence-corrected chi connectivity index (χ4v) is 6.11. The smallest absolute Gasteiger partial charge is 0.332 e. The largest absolute Gasteiger partial charge is 0.481 e. The van der Waals surface area contributed by atoms with Gasteiger partial charge in [-0.3, -0.25) is 46.6 Å². The van der Waals surface area contributed by atoms with E-state index >= 15 is 0 Å². The molecule has 22 heteroatoms. The number of fused-ring (bicyclic) bond motifs is 3. The van der Waals surface area contributed by atoms with Crippen molar-refractivity contribution in [1.82, 2.24) is 56.9 Å². The van der Waals surface area contributed by atoms with Crippen molar-refractivity contribution in [2.45, 2.75) is 91.0 Å². The third kappa shape index (κ3) is 9.87. The number of carbonyl (C=O) groups excluding carboxylic acids is 1. The van der Waals surface area contributed by atoms with Crippen LogP contribution in [0.25, 0.3) is 33.5 Å². The summed E-state index contributed by atoms with van der Waals surface area (Å²) in [7, 11) is 6.38. The second-order valence-electron chi connectivity index (χ2n) is 13.6. The van der Waals surface area contributed by atoms with E-state index in [1.54, 1.807) is 32.6 Å². The number of hydrogen-bond donors (Lipinski definition) is 4. The van der Waals surface area contributed by atoms with Crippen LogP contribution in [-0.2, 0) is 57.4 Å². The quantitative estimate of drug-likeness (QED) is 0.101. The Bertz CT molecular complexity index is 2750. The summed E-state index contributed by atoms with van der Waals surface area (Å²) in [4.78, 5) is 111. The molecule has 0 amide bonds. The van der Waals surface area contributed by atoms with Crippen molar-refractivity contribution < 1.29 is 19.8 Å². The molecule has 0 spiro atoms. The van der Waals surface area contributed by atoms with Crippen LogP contribution < -0.4 is 33.7 Å². The Kier molecular flexibility index (Phi) is 14.4. The SMILES string of the molecule is CC(=O)CCCCn1c(=O)c2[nH]cnc2n(C)c1=O.CC(O)CCCCn1c(=O)c2[nH]cnc2n(C)c1=O.Cn1cnc2c1c(=O)n(CCCC(=O)O)c(=O)n2C. The van der Waals surface area contributed by atoms with Crippen molar-refractivity contribution in [1.29, 1.82) is 0 Å². The van der Waals surface area contributed by atoms with Gasteiger partial charge < -0.3 is 29.5 Å². The lowest BCUT2D eigenvalue weighted by molar-refractivity contribution is -0.137. The van der Waals surface area contributed by atoms with Crippen molar-refractivity contribution in [2.24, 2.45) is 28.2 Å². The predicted octanol–water partition coefficient (Wildman–Crippen LogP) is -0.544. The van der Waals surface area contributed by atoms with E-state index in [0.29, 0.717) is 78.7 Å². The molecule has 6 aromatic rings. The number of carboxylic acids is 1. The van der Waals surface area contributed by atoms with Crippen molar-refractivity contribution in [2.75, 3.05) is 0 Å². The van der Waals surface area contributed by atoms with Gasteiger partial charge >= 0.3 is 23.0 Å². The summed E-state index contributed by atoms with van der Waals surface area (Å²) in [6, 6.07) is 0. The fraction of sp³-hybridized carbons (Fsp3) is 0.514. The number of rotatable bonds is 14. The number of ketones is 1. The van der Waals surface area contributed by atoms with E-state index < -0.39 is 17.2 Å². The number of aryl methyl sites for hydroxylation is 4. The average Bonchev–Trinajstić information content (AvgIpc) is 3.94. The van der Waals surface area contributed by atoms with E-state index in [4.69, 9.17) is 10.2 Å².